The second-order valence-electron chi connectivity index (χ2n) is 8.58. The van der Waals surface area contributed by atoms with Crippen LogP contribution < -0.4 is 9.64 Å². The molecule has 0 aliphatic carbocycles. The van der Waals surface area contributed by atoms with Crippen molar-refractivity contribution in [3.63, 3.8) is 0 Å². The molecule has 1 aromatic heterocycles. The molecule has 1 atom stereocenters. The fourth-order valence-electron chi connectivity index (χ4n) is 4.05. The first-order chi connectivity index (χ1) is 17.8. The number of Topliss-reactive ketones (excluding diaryl/α,β-unsaturated/α-hetero) is 1. The lowest BCUT2D eigenvalue weighted by Crippen LogP contribution is -2.29. The highest BCUT2D eigenvalue weighted by atomic mass is 32.1. The van der Waals surface area contributed by atoms with Crippen molar-refractivity contribution in [3.8, 4) is 5.75 Å². The molecule has 3 aromatic rings. The molecule has 0 bridgehead atoms. The predicted octanol–water partition coefficient (Wildman–Crippen LogP) is 5.35. The number of esters is 1. The Morgan fingerprint density at radius 3 is 2.35 bits per heavy atom. The molecule has 2 aromatic carbocycles. The number of ketones is 1. The summed E-state index contributed by atoms with van der Waals surface area (Å²) in [5.41, 5.74) is 2.32. The molecule has 0 spiro atoms. The van der Waals surface area contributed by atoms with Gasteiger partial charge in [-0.15, -0.1) is 0 Å². The van der Waals surface area contributed by atoms with Crippen LogP contribution in [0.1, 0.15) is 58.4 Å². The fraction of sp³-hybridized carbons (Fsp3) is 0.286. The highest BCUT2D eigenvalue weighted by Gasteiger charge is 2.48. The molecule has 37 heavy (non-hydrogen) atoms. The Balaban J connectivity index is 1.86. The number of aliphatic hydroxyl groups is 1. The number of nitrogens with zero attached hydrogens (tertiary/aromatic N) is 2. The number of hydrogen-bond acceptors (Lipinski definition) is 8. The Bertz CT molecular complexity index is 1360. The van der Waals surface area contributed by atoms with Gasteiger partial charge in [-0.2, -0.15) is 0 Å². The van der Waals surface area contributed by atoms with Gasteiger partial charge in [0.1, 0.15) is 16.4 Å². The topological polar surface area (TPSA) is 106 Å². The number of benzene rings is 2. The lowest BCUT2D eigenvalue weighted by Gasteiger charge is -2.23. The zero-order chi connectivity index (χ0) is 26.7. The van der Waals surface area contributed by atoms with Crippen LogP contribution in [0.15, 0.2) is 54.1 Å². The van der Waals surface area contributed by atoms with Gasteiger partial charge in [0.15, 0.2) is 5.13 Å². The van der Waals surface area contributed by atoms with Crippen molar-refractivity contribution in [2.24, 2.45) is 0 Å². The molecule has 1 unspecified atom stereocenters. The van der Waals surface area contributed by atoms with Crippen molar-refractivity contribution < 1.29 is 29.0 Å². The second kappa shape index (κ2) is 11.0. The van der Waals surface area contributed by atoms with E-state index in [9.17, 15) is 19.5 Å². The minimum Gasteiger partial charge on any atom is -0.507 e. The van der Waals surface area contributed by atoms with Gasteiger partial charge in [0.25, 0.3) is 5.78 Å². The molecular weight excluding hydrogens is 492 g/mol. The van der Waals surface area contributed by atoms with Crippen molar-refractivity contribution >= 4 is 39.9 Å². The van der Waals surface area contributed by atoms with Gasteiger partial charge < -0.3 is 14.6 Å². The van der Waals surface area contributed by atoms with Gasteiger partial charge >= 0.3 is 11.9 Å². The van der Waals surface area contributed by atoms with E-state index in [1.807, 2.05) is 26.0 Å². The average molecular weight is 521 g/mol. The van der Waals surface area contributed by atoms with Gasteiger partial charge in [0.05, 0.1) is 30.5 Å². The van der Waals surface area contributed by atoms with E-state index < -0.39 is 23.7 Å². The van der Waals surface area contributed by atoms with Gasteiger partial charge in [-0.05, 0) is 44.9 Å². The number of carbonyl (C=O) groups excluding carboxylic acids is 3. The smallest absolute Gasteiger partial charge is 0.350 e. The molecule has 192 valence electrons. The van der Waals surface area contributed by atoms with Crippen LogP contribution in [0.4, 0.5) is 5.13 Å². The summed E-state index contributed by atoms with van der Waals surface area (Å²) in [5, 5.41) is 11.4. The SMILES string of the molecule is CCCOc1ccc(C2/C(=C(\O)c3ccc(C)cc3)C(=O)C(=O)N2c2nc(C)c(C(=O)OCC)s2)cc1. The lowest BCUT2D eigenvalue weighted by atomic mass is 9.95. The highest BCUT2D eigenvalue weighted by molar-refractivity contribution is 7.17. The first-order valence-corrected chi connectivity index (χ1v) is 12.8. The van der Waals surface area contributed by atoms with Crippen LogP contribution in [0.2, 0.25) is 0 Å². The number of aryl methyl sites for hydroxylation is 2. The minimum absolute atomic E-state index is 0.0541. The van der Waals surface area contributed by atoms with E-state index in [1.54, 1.807) is 50.2 Å². The van der Waals surface area contributed by atoms with E-state index in [4.69, 9.17) is 9.47 Å². The summed E-state index contributed by atoms with van der Waals surface area (Å²) in [5.74, 6) is -1.85. The molecule has 4 rings (SSSR count). The Labute approximate surface area is 219 Å². The van der Waals surface area contributed by atoms with Crippen molar-refractivity contribution in [2.45, 2.75) is 40.2 Å². The van der Waals surface area contributed by atoms with Crippen LogP contribution in [0, 0.1) is 13.8 Å². The molecule has 0 saturated carbocycles. The first-order valence-electron chi connectivity index (χ1n) is 12.0. The van der Waals surface area contributed by atoms with Crippen molar-refractivity contribution in [2.75, 3.05) is 18.1 Å². The van der Waals surface area contributed by atoms with E-state index in [2.05, 4.69) is 4.98 Å². The minimum atomic E-state index is -0.956. The maximum absolute atomic E-state index is 13.4. The second-order valence-corrected chi connectivity index (χ2v) is 9.56. The number of thiazole rings is 1. The monoisotopic (exact) mass is 520 g/mol. The third kappa shape index (κ3) is 5.13. The molecule has 0 radical (unpaired) electrons. The number of amides is 1. The molecular formula is C28H28N2O6S. The van der Waals surface area contributed by atoms with Crippen molar-refractivity contribution in [1.29, 1.82) is 0 Å². The van der Waals surface area contributed by atoms with Crippen LogP contribution in [0.25, 0.3) is 5.76 Å². The maximum atomic E-state index is 13.4. The van der Waals surface area contributed by atoms with Gasteiger partial charge in [0.2, 0.25) is 0 Å². The molecule has 8 nitrogen and oxygen atoms in total. The predicted molar refractivity (Wildman–Crippen MR) is 141 cm³/mol. The highest BCUT2D eigenvalue weighted by Crippen LogP contribution is 2.44. The van der Waals surface area contributed by atoms with Crippen LogP contribution in [0.5, 0.6) is 5.75 Å². The van der Waals surface area contributed by atoms with Crippen LogP contribution >= 0.6 is 11.3 Å². The zero-order valence-corrected chi connectivity index (χ0v) is 21.9. The van der Waals surface area contributed by atoms with E-state index >= 15 is 0 Å². The molecule has 9 heteroatoms. The summed E-state index contributed by atoms with van der Waals surface area (Å²) in [4.78, 5) is 45.1. The van der Waals surface area contributed by atoms with Gasteiger partial charge in [-0.1, -0.05) is 60.2 Å². The normalized spacial score (nSPS) is 16.8. The Morgan fingerprint density at radius 2 is 1.73 bits per heavy atom. The average Bonchev–Trinajstić information content (AvgIpc) is 3.40. The number of rotatable bonds is 8. The van der Waals surface area contributed by atoms with Gasteiger partial charge in [-0.3, -0.25) is 14.5 Å². The van der Waals surface area contributed by atoms with E-state index in [-0.39, 0.29) is 27.9 Å². The largest absolute Gasteiger partial charge is 0.507 e. The summed E-state index contributed by atoms with van der Waals surface area (Å²) >= 11 is 0.973. The van der Waals surface area contributed by atoms with Crippen LogP contribution in [-0.4, -0.2) is 41.0 Å². The van der Waals surface area contributed by atoms with Crippen molar-refractivity contribution in [3.05, 3.63) is 81.4 Å². The first kappa shape index (κ1) is 26.1. The molecule has 1 aliphatic rings. The molecule has 1 saturated heterocycles. The number of anilines is 1. The maximum Gasteiger partial charge on any atom is 0.350 e. The number of aliphatic hydroxyl groups excluding tert-OH is 1. The third-order valence-corrected chi connectivity index (χ3v) is 7.03. The molecule has 2 heterocycles. The number of carbonyl (C=O) groups is 3. The van der Waals surface area contributed by atoms with Crippen LogP contribution in [-0.2, 0) is 14.3 Å². The zero-order valence-electron chi connectivity index (χ0n) is 21.1. The fourth-order valence-corrected chi connectivity index (χ4v) is 5.04. The summed E-state index contributed by atoms with van der Waals surface area (Å²) in [6, 6.07) is 13.1. The van der Waals surface area contributed by atoms with Gasteiger partial charge in [0, 0.05) is 5.56 Å². The van der Waals surface area contributed by atoms with Crippen molar-refractivity contribution in [1.82, 2.24) is 4.98 Å². The lowest BCUT2D eigenvalue weighted by molar-refractivity contribution is -0.132. The summed E-state index contributed by atoms with van der Waals surface area (Å²) in [6.45, 7) is 8.01. The molecule has 1 amide bonds. The Hall–Kier alpha value is -3.98. The standard InChI is InChI=1S/C28H28N2O6S/c1-5-15-36-20-13-11-18(12-14-20)22-21(23(31)19-9-7-16(3)8-10-19)24(32)26(33)30(22)28-29-17(4)25(37-28)27(34)35-6-2/h7-14,22,31H,5-6,15H2,1-4H3/b23-21+. The summed E-state index contributed by atoms with van der Waals surface area (Å²) < 4.78 is 10.8. The van der Waals surface area contributed by atoms with Gasteiger partial charge in [-0.25, -0.2) is 9.78 Å². The summed E-state index contributed by atoms with van der Waals surface area (Å²) in [7, 11) is 0. The van der Waals surface area contributed by atoms with Crippen LogP contribution in [0.3, 0.4) is 0 Å². The number of ether oxygens (including phenoxy) is 2. The quantitative estimate of drug-likeness (QED) is 0.185. The van der Waals surface area contributed by atoms with E-state index in [0.717, 1.165) is 23.3 Å². The number of hydrogen-bond donors (Lipinski definition) is 1. The molecule has 1 fully saturated rings. The molecule has 1 N–H and O–H groups in total. The molecule has 1 aliphatic heterocycles. The number of aromatic nitrogens is 1. The summed E-state index contributed by atoms with van der Waals surface area (Å²) in [6.07, 6.45) is 0.852. The van der Waals surface area contributed by atoms with E-state index in [0.29, 0.717) is 29.2 Å². The Morgan fingerprint density at radius 1 is 1.05 bits per heavy atom. The Kier molecular flexibility index (Phi) is 7.73. The van der Waals surface area contributed by atoms with E-state index in [1.165, 1.54) is 4.90 Å². The third-order valence-electron chi connectivity index (χ3n) is 5.89.